The molecule has 1 rings (SSSR count). The van der Waals surface area contributed by atoms with Crippen LogP contribution in [0.2, 0.25) is 0 Å². The molecule has 3 heteroatoms. The third-order valence-corrected chi connectivity index (χ3v) is 1.33. The summed E-state index contributed by atoms with van der Waals surface area (Å²) in [7, 11) is 0. The molecular weight excluding hydrogens is 132 g/mol. The molecule has 2 nitrogen and oxygen atoms in total. The van der Waals surface area contributed by atoms with Gasteiger partial charge in [-0.1, -0.05) is 0 Å². The van der Waals surface area contributed by atoms with Crippen molar-refractivity contribution in [1.29, 1.82) is 0 Å². The van der Waals surface area contributed by atoms with Crippen LogP contribution in [-0.2, 0) is 6.54 Å². The first kappa shape index (κ1) is 6.55. The number of nitrogen functional groups attached to an aromatic ring is 1. The standard InChI is InChI=1S/C6H10N2S/c7-6-1-2-8(5-6)3-4-9/h1-2,5,9H,3-4,7H2. The van der Waals surface area contributed by atoms with E-state index in [9.17, 15) is 0 Å². The fourth-order valence-electron chi connectivity index (χ4n) is 0.714. The lowest BCUT2D eigenvalue weighted by atomic mass is 10.6. The second kappa shape index (κ2) is 2.82. The Bertz CT molecular complexity index is 183. The zero-order chi connectivity index (χ0) is 6.69. The van der Waals surface area contributed by atoms with Crippen LogP contribution in [0.15, 0.2) is 18.5 Å². The van der Waals surface area contributed by atoms with Crippen molar-refractivity contribution in [3.63, 3.8) is 0 Å². The molecule has 9 heavy (non-hydrogen) atoms. The van der Waals surface area contributed by atoms with E-state index in [4.69, 9.17) is 5.73 Å². The number of anilines is 1. The second-order valence-electron chi connectivity index (χ2n) is 1.91. The SMILES string of the molecule is Nc1ccn(CCS)c1. The first-order valence-electron chi connectivity index (χ1n) is 2.85. The summed E-state index contributed by atoms with van der Waals surface area (Å²) in [5.74, 6) is 0.855. The molecule has 0 aliphatic rings. The maximum absolute atomic E-state index is 5.46. The Balaban J connectivity index is 2.61. The third-order valence-electron chi connectivity index (χ3n) is 1.13. The van der Waals surface area contributed by atoms with E-state index < -0.39 is 0 Å². The molecule has 0 aliphatic heterocycles. The van der Waals surface area contributed by atoms with Crippen LogP contribution in [0.4, 0.5) is 5.69 Å². The van der Waals surface area contributed by atoms with Crippen LogP contribution < -0.4 is 5.73 Å². The number of nitrogens with two attached hydrogens (primary N) is 1. The van der Waals surface area contributed by atoms with Gasteiger partial charge in [-0.05, 0) is 6.07 Å². The first-order valence-corrected chi connectivity index (χ1v) is 3.48. The van der Waals surface area contributed by atoms with Crippen molar-refractivity contribution in [2.45, 2.75) is 6.54 Å². The minimum absolute atomic E-state index is 0.816. The molecule has 0 amide bonds. The lowest BCUT2D eigenvalue weighted by Crippen LogP contribution is -1.94. The molecule has 0 aliphatic carbocycles. The van der Waals surface area contributed by atoms with Crippen molar-refractivity contribution < 1.29 is 0 Å². The quantitative estimate of drug-likeness (QED) is 0.593. The predicted molar refractivity (Wildman–Crippen MR) is 42.7 cm³/mol. The number of aromatic nitrogens is 1. The van der Waals surface area contributed by atoms with Crippen molar-refractivity contribution >= 4 is 18.3 Å². The highest BCUT2D eigenvalue weighted by molar-refractivity contribution is 7.80. The van der Waals surface area contributed by atoms with Crippen molar-refractivity contribution in [3.05, 3.63) is 18.5 Å². The van der Waals surface area contributed by atoms with Gasteiger partial charge < -0.3 is 10.3 Å². The van der Waals surface area contributed by atoms with Crippen molar-refractivity contribution in [3.8, 4) is 0 Å². The van der Waals surface area contributed by atoms with E-state index in [1.807, 2.05) is 23.0 Å². The molecule has 50 valence electrons. The van der Waals surface area contributed by atoms with Gasteiger partial charge in [-0.3, -0.25) is 0 Å². The lowest BCUT2D eigenvalue weighted by Gasteiger charge is -1.94. The number of hydrogen-bond acceptors (Lipinski definition) is 2. The Morgan fingerprint density at radius 3 is 2.89 bits per heavy atom. The third kappa shape index (κ3) is 1.68. The van der Waals surface area contributed by atoms with Crippen LogP contribution in [0.1, 0.15) is 0 Å². The molecule has 0 saturated heterocycles. The maximum atomic E-state index is 5.46. The summed E-state index contributed by atoms with van der Waals surface area (Å²) in [6.45, 7) is 0.931. The highest BCUT2D eigenvalue weighted by atomic mass is 32.1. The van der Waals surface area contributed by atoms with E-state index >= 15 is 0 Å². The van der Waals surface area contributed by atoms with E-state index in [1.54, 1.807) is 0 Å². The number of aryl methyl sites for hydroxylation is 1. The summed E-state index contributed by atoms with van der Waals surface area (Å²) in [4.78, 5) is 0. The Hall–Kier alpha value is -0.570. The van der Waals surface area contributed by atoms with Crippen LogP contribution in [-0.4, -0.2) is 10.3 Å². The van der Waals surface area contributed by atoms with Gasteiger partial charge in [-0.2, -0.15) is 12.6 Å². The van der Waals surface area contributed by atoms with Crippen LogP contribution >= 0.6 is 12.6 Å². The highest BCUT2D eigenvalue weighted by Gasteiger charge is 1.88. The Kier molecular flexibility index (Phi) is 2.05. The molecule has 2 N–H and O–H groups in total. The summed E-state index contributed by atoms with van der Waals surface area (Å²) in [5.41, 5.74) is 6.28. The van der Waals surface area contributed by atoms with Gasteiger partial charge in [0, 0.05) is 30.4 Å². The summed E-state index contributed by atoms with van der Waals surface area (Å²) in [5, 5.41) is 0. The van der Waals surface area contributed by atoms with E-state index in [1.165, 1.54) is 0 Å². The van der Waals surface area contributed by atoms with Crippen LogP contribution in [0.25, 0.3) is 0 Å². The number of rotatable bonds is 2. The number of nitrogens with zero attached hydrogens (tertiary/aromatic N) is 1. The highest BCUT2D eigenvalue weighted by Crippen LogP contribution is 2.01. The lowest BCUT2D eigenvalue weighted by molar-refractivity contribution is 0.781. The Morgan fingerprint density at radius 1 is 1.67 bits per heavy atom. The summed E-state index contributed by atoms with van der Waals surface area (Å²) < 4.78 is 2.02. The van der Waals surface area contributed by atoms with E-state index in [0.29, 0.717) is 0 Å². The van der Waals surface area contributed by atoms with E-state index in [0.717, 1.165) is 18.0 Å². The molecule has 0 aromatic carbocycles. The molecule has 0 saturated carbocycles. The zero-order valence-electron chi connectivity index (χ0n) is 5.12. The topological polar surface area (TPSA) is 30.9 Å². The number of thiol groups is 1. The second-order valence-corrected chi connectivity index (χ2v) is 2.35. The Labute approximate surface area is 60.1 Å². The van der Waals surface area contributed by atoms with Crippen LogP contribution in [0.3, 0.4) is 0 Å². The van der Waals surface area contributed by atoms with Crippen molar-refractivity contribution in [2.24, 2.45) is 0 Å². The summed E-state index contributed by atoms with van der Waals surface area (Å²) in [6.07, 6.45) is 3.85. The van der Waals surface area contributed by atoms with Gasteiger partial charge in [-0.15, -0.1) is 0 Å². The maximum Gasteiger partial charge on any atom is 0.0493 e. The average Bonchev–Trinajstić information content (AvgIpc) is 2.17. The zero-order valence-corrected chi connectivity index (χ0v) is 6.01. The van der Waals surface area contributed by atoms with Gasteiger partial charge in [0.05, 0.1) is 0 Å². The average molecular weight is 142 g/mol. The smallest absolute Gasteiger partial charge is 0.0493 e. The summed E-state index contributed by atoms with van der Waals surface area (Å²) >= 11 is 4.08. The fourth-order valence-corrected chi connectivity index (χ4v) is 0.945. The monoisotopic (exact) mass is 142 g/mol. The van der Waals surface area contributed by atoms with Crippen LogP contribution in [0.5, 0.6) is 0 Å². The molecule has 1 aromatic rings. The van der Waals surface area contributed by atoms with Gasteiger partial charge >= 0.3 is 0 Å². The fraction of sp³-hybridized carbons (Fsp3) is 0.333. The predicted octanol–water partition coefficient (Wildman–Crippen LogP) is 1.00. The molecule has 1 heterocycles. The molecule has 0 fully saturated rings. The minimum atomic E-state index is 0.816. The molecule has 0 spiro atoms. The molecule has 0 unspecified atom stereocenters. The Morgan fingerprint density at radius 2 is 2.44 bits per heavy atom. The summed E-state index contributed by atoms with van der Waals surface area (Å²) in [6, 6.07) is 1.88. The van der Waals surface area contributed by atoms with Gasteiger partial charge in [0.2, 0.25) is 0 Å². The van der Waals surface area contributed by atoms with Gasteiger partial charge in [0.25, 0.3) is 0 Å². The molecule has 0 bridgehead atoms. The minimum Gasteiger partial charge on any atom is -0.398 e. The normalized spacial score (nSPS) is 9.89. The van der Waals surface area contributed by atoms with Crippen LogP contribution in [0, 0.1) is 0 Å². The van der Waals surface area contributed by atoms with Gasteiger partial charge in [-0.25, -0.2) is 0 Å². The van der Waals surface area contributed by atoms with Gasteiger partial charge in [0.15, 0.2) is 0 Å². The first-order chi connectivity index (χ1) is 4.33. The van der Waals surface area contributed by atoms with E-state index in [-0.39, 0.29) is 0 Å². The van der Waals surface area contributed by atoms with Crippen molar-refractivity contribution in [2.75, 3.05) is 11.5 Å². The van der Waals surface area contributed by atoms with E-state index in [2.05, 4.69) is 12.6 Å². The largest absolute Gasteiger partial charge is 0.398 e. The van der Waals surface area contributed by atoms with Crippen molar-refractivity contribution in [1.82, 2.24) is 4.57 Å². The molecule has 0 radical (unpaired) electrons. The number of hydrogen-bond donors (Lipinski definition) is 2. The van der Waals surface area contributed by atoms with Gasteiger partial charge in [0.1, 0.15) is 0 Å². The molecule has 1 aromatic heterocycles. The molecular formula is C6H10N2S. The molecule has 0 atom stereocenters.